The fourth-order valence-corrected chi connectivity index (χ4v) is 3.39. The molecule has 0 unspecified atom stereocenters. The Kier molecular flexibility index (Phi) is 7.98. The maximum Gasteiger partial charge on any atom is 0.261 e. The number of rotatable bonds is 5. The van der Waals surface area contributed by atoms with Crippen molar-refractivity contribution in [1.29, 1.82) is 0 Å². The lowest BCUT2D eigenvalue weighted by Gasteiger charge is -2.33. The van der Waals surface area contributed by atoms with Crippen LogP contribution in [0.2, 0.25) is 0 Å². The third-order valence-electron chi connectivity index (χ3n) is 4.74. The topological polar surface area (TPSA) is 77.8 Å². The lowest BCUT2D eigenvalue weighted by Crippen LogP contribution is -2.36. The second kappa shape index (κ2) is 9.99. The van der Waals surface area contributed by atoms with Crippen LogP contribution in [0.25, 0.3) is 0 Å². The molecule has 0 radical (unpaired) electrons. The Hall–Kier alpha value is -1.73. The highest BCUT2D eigenvalue weighted by molar-refractivity contribution is 7.85. The van der Waals surface area contributed by atoms with Crippen molar-refractivity contribution in [3.8, 4) is 0 Å². The van der Waals surface area contributed by atoms with Gasteiger partial charge in [0.05, 0.1) is 6.26 Å². The molecular weight excluding hydrogens is 362 g/mol. The summed E-state index contributed by atoms with van der Waals surface area (Å²) in [6.45, 7) is 3.28. The summed E-state index contributed by atoms with van der Waals surface area (Å²) in [5.41, 5.74) is 1.07. The summed E-state index contributed by atoms with van der Waals surface area (Å²) in [7, 11) is -3.67. The van der Waals surface area contributed by atoms with Crippen LogP contribution in [-0.2, 0) is 15.7 Å². The summed E-state index contributed by atoms with van der Waals surface area (Å²) in [6.07, 6.45) is 5.37. The van der Waals surface area contributed by atoms with Crippen molar-refractivity contribution >= 4 is 10.1 Å². The molecule has 6 heteroatoms. The van der Waals surface area contributed by atoms with Crippen LogP contribution in [-0.4, -0.2) is 48.9 Å². The van der Waals surface area contributed by atoms with E-state index in [1.807, 2.05) is 60.7 Å². The van der Waals surface area contributed by atoms with Crippen LogP contribution in [0.3, 0.4) is 0 Å². The first-order valence-corrected chi connectivity index (χ1v) is 11.1. The smallest absolute Gasteiger partial charge is 0.261 e. The van der Waals surface area contributed by atoms with Crippen molar-refractivity contribution in [2.24, 2.45) is 0 Å². The van der Waals surface area contributed by atoms with Gasteiger partial charge in [0.1, 0.15) is 5.60 Å². The number of hydrogen-bond donors (Lipinski definition) is 2. The van der Waals surface area contributed by atoms with Crippen molar-refractivity contribution in [3.05, 3.63) is 71.8 Å². The highest BCUT2D eigenvalue weighted by Crippen LogP contribution is 2.33. The molecule has 1 aliphatic heterocycles. The number of nitrogens with zero attached hydrogens (tertiary/aromatic N) is 1. The van der Waals surface area contributed by atoms with Crippen LogP contribution in [0.5, 0.6) is 0 Å². The molecule has 0 aliphatic carbocycles. The van der Waals surface area contributed by atoms with E-state index in [1.165, 1.54) is 32.4 Å². The third kappa shape index (κ3) is 7.42. The molecule has 1 saturated heterocycles. The Labute approximate surface area is 162 Å². The minimum atomic E-state index is -3.67. The Bertz CT molecular complexity index is 725. The molecule has 0 spiro atoms. The molecule has 0 bridgehead atoms. The van der Waals surface area contributed by atoms with Crippen LogP contribution in [0, 0.1) is 0 Å². The zero-order valence-corrected chi connectivity index (χ0v) is 16.6. The molecule has 1 heterocycles. The first-order valence-electron chi connectivity index (χ1n) is 9.27. The van der Waals surface area contributed by atoms with Gasteiger partial charge in [0.2, 0.25) is 0 Å². The molecule has 2 aromatic rings. The van der Waals surface area contributed by atoms with Crippen molar-refractivity contribution in [3.63, 3.8) is 0 Å². The van der Waals surface area contributed by atoms with Crippen molar-refractivity contribution < 1.29 is 18.1 Å². The predicted octanol–water partition coefficient (Wildman–Crippen LogP) is 3.30. The Morgan fingerprint density at radius 1 is 0.889 bits per heavy atom. The van der Waals surface area contributed by atoms with Crippen molar-refractivity contribution in [2.45, 2.75) is 31.3 Å². The van der Waals surface area contributed by atoms with Gasteiger partial charge in [-0.1, -0.05) is 67.1 Å². The van der Waals surface area contributed by atoms with E-state index in [9.17, 15) is 13.5 Å². The second-order valence-electron chi connectivity index (χ2n) is 6.98. The van der Waals surface area contributed by atoms with E-state index in [4.69, 9.17) is 4.55 Å². The van der Waals surface area contributed by atoms with Gasteiger partial charge in [-0.05, 0) is 43.5 Å². The van der Waals surface area contributed by atoms with E-state index in [-0.39, 0.29) is 0 Å². The van der Waals surface area contributed by atoms with E-state index in [0.29, 0.717) is 6.26 Å². The molecule has 1 fully saturated rings. The first-order chi connectivity index (χ1) is 12.8. The summed E-state index contributed by atoms with van der Waals surface area (Å²) >= 11 is 0. The second-order valence-corrected chi connectivity index (χ2v) is 8.44. The molecule has 1 aliphatic rings. The van der Waals surface area contributed by atoms with Gasteiger partial charge in [-0.3, -0.25) is 4.55 Å². The Morgan fingerprint density at radius 3 is 1.70 bits per heavy atom. The molecule has 0 aromatic heterocycles. The molecule has 0 saturated carbocycles. The van der Waals surface area contributed by atoms with E-state index >= 15 is 0 Å². The van der Waals surface area contributed by atoms with Gasteiger partial charge in [0.15, 0.2) is 0 Å². The van der Waals surface area contributed by atoms with Gasteiger partial charge in [-0.25, -0.2) is 0 Å². The molecule has 0 atom stereocenters. The maximum absolute atomic E-state index is 11.5. The van der Waals surface area contributed by atoms with Crippen molar-refractivity contribution in [2.75, 3.05) is 25.9 Å². The van der Waals surface area contributed by atoms with Gasteiger partial charge in [0, 0.05) is 6.54 Å². The molecule has 3 rings (SSSR count). The average molecular weight is 392 g/mol. The summed E-state index contributed by atoms with van der Waals surface area (Å²) in [5, 5.41) is 11.5. The van der Waals surface area contributed by atoms with Crippen LogP contribution < -0.4 is 0 Å². The van der Waals surface area contributed by atoms with Crippen LogP contribution >= 0.6 is 0 Å². The standard InChI is InChI=1S/C20H25NO.CH4O3S/c22-20(18-10-4-1-5-11-18,19-12-6-2-7-13-19)14-17-21-15-8-3-9-16-21;1-5(2,3)4/h1-2,4-7,10-13,22H,3,8-9,14-17H2;1H3,(H,2,3,4). The lowest BCUT2D eigenvalue weighted by molar-refractivity contribution is 0.0546. The first kappa shape index (κ1) is 21.6. The number of aliphatic hydroxyl groups is 1. The summed E-state index contributed by atoms with van der Waals surface area (Å²) in [6, 6.07) is 20.1. The van der Waals surface area contributed by atoms with Crippen LogP contribution in [0.4, 0.5) is 0 Å². The Balaban J connectivity index is 0.000000465. The fourth-order valence-electron chi connectivity index (χ4n) is 3.39. The molecule has 5 nitrogen and oxygen atoms in total. The lowest BCUT2D eigenvalue weighted by atomic mass is 9.83. The molecular formula is C21H29NO4S. The molecule has 2 aromatic carbocycles. The molecule has 0 amide bonds. The van der Waals surface area contributed by atoms with E-state index in [2.05, 4.69) is 4.90 Å². The van der Waals surface area contributed by atoms with Gasteiger partial charge in [0.25, 0.3) is 10.1 Å². The zero-order chi connectivity index (χ0) is 19.8. The van der Waals surface area contributed by atoms with Crippen molar-refractivity contribution in [1.82, 2.24) is 4.90 Å². The predicted molar refractivity (Wildman–Crippen MR) is 108 cm³/mol. The highest BCUT2D eigenvalue weighted by Gasteiger charge is 2.31. The quantitative estimate of drug-likeness (QED) is 0.765. The van der Waals surface area contributed by atoms with E-state index in [0.717, 1.165) is 24.1 Å². The monoisotopic (exact) mass is 391 g/mol. The summed E-state index contributed by atoms with van der Waals surface area (Å²) in [4.78, 5) is 2.49. The zero-order valence-electron chi connectivity index (χ0n) is 15.8. The van der Waals surface area contributed by atoms with Gasteiger partial charge in [-0.15, -0.1) is 0 Å². The highest BCUT2D eigenvalue weighted by atomic mass is 32.2. The SMILES string of the molecule is CS(=O)(=O)O.OC(CCN1CCCCC1)(c1ccccc1)c1ccccc1. The van der Waals surface area contributed by atoms with Gasteiger partial charge >= 0.3 is 0 Å². The molecule has 2 N–H and O–H groups in total. The van der Waals surface area contributed by atoms with Gasteiger partial charge in [-0.2, -0.15) is 8.42 Å². The van der Waals surface area contributed by atoms with Crippen LogP contribution in [0.1, 0.15) is 36.8 Å². The van der Waals surface area contributed by atoms with Crippen LogP contribution in [0.15, 0.2) is 60.7 Å². The summed E-state index contributed by atoms with van der Waals surface area (Å²) in [5.74, 6) is 0. The van der Waals surface area contributed by atoms with E-state index in [1.54, 1.807) is 0 Å². The van der Waals surface area contributed by atoms with Gasteiger partial charge < -0.3 is 10.0 Å². The minimum Gasteiger partial charge on any atom is -0.380 e. The average Bonchev–Trinajstić information content (AvgIpc) is 2.67. The molecule has 148 valence electrons. The normalized spacial score (nSPS) is 15.7. The third-order valence-corrected chi connectivity index (χ3v) is 4.74. The largest absolute Gasteiger partial charge is 0.380 e. The minimum absolute atomic E-state index is 0.715. The Morgan fingerprint density at radius 2 is 1.30 bits per heavy atom. The number of benzene rings is 2. The number of likely N-dealkylation sites (tertiary alicyclic amines) is 1. The molecule has 27 heavy (non-hydrogen) atoms. The summed E-state index contributed by atoms with van der Waals surface area (Å²) < 4.78 is 25.9. The number of hydrogen-bond acceptors (Lipinski definition) is 4. The van der Waals surface area contributed by atoms with E-state index < -0.39 is 15.7 Å². The maximum atomic E-state index is 11.5. The number of piperidine rings is 1. The fraction of sp³-hybridized carbons (Fsp3) is 0.429.